The molecule has 1 aliphatic heterocycles. The van der Waals surface area contributed by atoms with Gasteiger partial charge >= 0.3 is 6.03 Å². The third kappa shape index (κ3) is 4.26. The highest BCUT2D eigenvalue weighted by Gasteiger charge is 2.33. The van der Waals surface area contributed by atoms with Crippen LogP contribution in [0.2, 0.25) is 0 Å². The molecule has 0 bridgehead atoms. The predicted molar refractivity (Wildman–Crippen MR) is 125 cm³/mol. The molecule has 1 atom stereocenters. The molecule has 168 valence electrons. The lowest BCUT2D eigenvalue weighted by Gasteiger charge is -2.22. The van der Waals surface area contributed by atoms with Gasteiger partial charge in [-0.3, -0.25) is 0 Å². The molecule has 2 heterocycles. The normalized spacial score (nSPS) is 15.7. The van der Waals surface area contributed by atoms with E-state index in [-0.39, 0.29) is 17.9 Å². The molecule has 1 saturated heterocycles. The minimum Gasteiger partial charge on any atom is -0.494 e. The van der Waals surface area contributed by atoms with Crippen molar-refractivity contribution >= 4 is 22.8 Å². The first-order valence-electron chi connectivity index (χ1n) is 11.1. The summed E-state index contributed by atoms with van der Waals surface area (Å²) in [4.78, 5) is 19.4. The summed E-state index contributed by atoms with van der Waals surface area (Å²) in [6.07, 6.45) is 1.63. The van der Waals surface area contributed by atoms with Gasteiger partial charge in [-0.2, -0.15) is 0 Å². The van der Waals surface area contributed by atoms with Crippen molar-refractivity contribution in [1.82, 2.24) is 9.88 Å². The van der Waals surface area contributed by atoms with Gasteiger partial charge in [0.2, 0.25) is 5.89 Å². The number of aromatic nitrogens is 1. The smallest absolute Gasteiger partial charge is 0.322 e. The molecule has 2 amide bonds. The molecule has 1 unspecified atom stereocenters. The summed E-state index contributed by atoms with van der Waals surface area (Å²) in [6.45, 7) is 3.14. The number of amides is 2. The summed E-state index contributed by atoms with van der Waals surface area (Å²) in [7, 11) is 0. The molecule has 0 saturated carbocycles. The highest BCUT2D eigenvalue weighted by molar-refractivity contribution is 5.90. The zero-order valence-electron chi connectivity index (χ0n) is 18.3. The van der Waals surface area contributed by atoms with Crippen molar-refractivity contribution in [3.8, 4) is 16.9 Å². The standard InChI is InChI=1S/C26H24FN3O3/c1-2-32-19-12-10-18(11-13-19)28-26(31)30-15-5-8-23(30)25-29-22-16-17(9-14-24(22)33-25)20-6-3-4-7-21(20)27/h3-4,6-7,9-14,16,23H,2,5,8,15H2,1H3,(H,28,31). The van der Waals surface area contributed by atoms with Crippen LogP contribution in [-0.2, 0) is 0 Å². The number of anilines is 1. The topological polar surface area (TPSA) is 67.6 Å². The molecule has 7 heteroatoms. The first-order chi connectivity index (χ1) is 16.1. The van der Waals surface area contributed by atoms with Gasteiger partial charge < -0.3 is 19.4 Å². The van der Waals surface area contributed by atoms with Gasteiger partial charge in [-0.05, 0) is 67.8 Å². The van der Waals surface area contributed by atoms with E-state index < -0.39 is 0 Å². The van der Waals surface area contributed by atoms with Crippen LogP contribution in [0, 0.1) is 5.82 Å². The molecular weight excluding hydrogens is 421 g/mol. The van der Waals surface area contributed by atoms with Crippen molar-refractivity contribution in [1.29, 1.82) is 0 Å². The van der Waals surface area contributed by atoms with Crippen molar-refractivity contribution in [3.05, 3.63) is 78.4 Å². The van der Waals surface area contributed by atoms with E-state index in [2.05, 4.69) is 10.3 Å². The number of rotatable bonds is 5. The fourth-order valence-electron chi connectivity index (χ4n) is 4.21. The van der Waals surface area contributed by atoms with Crippen molar-refractivity contribution in [2.24, 2.45) is 0 Å². The minimum atomic E-state index is -0.284. The van der Waals surface area contributed by atoms with Crippen molar-refractivity contribution in [2.45, 2.75) is 25.8 Å². The van der Waals surface area contributed by atoms with E-state index in [0.717, 1.165) is 24.2 Å². The Bertz CT molecular complexity index is 1290. The zero-order chi connectivity index (χ0) is 22.8. The number of likely N-dealkylation sites (tertiary alicyclic amines) is 1. The van der Waals surface area contributed by atoms with Gasteiger partial charge in [0.15, 0.2) is 5.58 Å². The average Bonchev–Trinajstić information content (AvgIpc) is 3.47. The van der Waals surface area contributed by atoms with Crippen molar-refractivity contribution in [3.63, 3.8) is 0 Å². The third-order valence-electron chi connectivity index (χ3n) is 5.80. The number of fused-ring (bicyclic) bond motifs is 1. The molecule has 6 nitrogen and oxygen atoms in total. The first-order valence-corrected chi connectivity index (χ1v) is 11.1. The second kappa shape index (κ2) is 8.94. The Labute approximate surface area is 191 Å². The quantitative estimate of drug-likeness (QED) is 0.386. The average molecular weight is 445 g/mol. The summed E-state index contributed by atoms with van der Waals surface area (Å²) in [5.41, 5.74) is 3.20. The van der Waals surface area contributed by atoms with E-state index in [0.29, 0.717) is 41.4 Å². The highest BCUT2D eigenvalue weighted by atomic mass is 19.1. The molecule has 0 aliphatic carbocycles. The Kier molecular flexibility index (Phi) is 5.69. The number of nitrogens with zero attached hydrogens (tertiary/aromatic N) is 2. The molecule has 1 N–H and O–H groups in total. The highest BCUT2D eigenvalue weighted by Crippen LogP contribution is 2.35. The minimum absolute atomic E-state index is 0.198. The molecule has 33 heavy (non-hydrogen) atoms. The molecule has 1 fully saturated rings. The summed E-state index contributed by atoms with van der Waals surface area (Å²) in [5.74, 6) is 0.972. The van der Waals surface area contributed by atoms with Crippen LogP contribution >= 0.6 is 0 Å². The lowest BCUT2D eigenvalue weighted by molar-refractivity contribution is 0.199. The van der Waals surface area contributed by atoms with Crippen LogP contribution in [0.1, 0.15) is 31.7 Å². The van der Waals surface area contributed by atoms with Crippen LogP contribution in [0.15, 0.2) is 71.1 Å². The Balaban J connectivity index is 1.36. The molecule has 5 rings (SSSR count). The van der Waals surface area contributed by atoms with Gasteiger partial charge in [-0.15, -0.1) is 0 Å². The fourth-order valence-corrected chi connectivity index (χ4v) is 4.21. The van der Waals surface area contributed by atoms with Crippen LogP contribution < -0.4 is 10.1 Å². The van der Waals surface area contributed by atoms with E-state index in [1.807, 2.05) is 43.3 Å². The van der Waals surface area contributed by atoms with Crippen LogP contribution in [0.3, 0.4) is 0 Å². The summed E-state index contributed by atoms with van der Waals surface area (Å²) >= 11 is 0. The molecular formula is C26H24FN3O3. The number of halogens is 1. The molecule has 0 radical (unpaired) electrons. The number of hydrogen-bond acceptors (Lipinski definition) is 4. The fraction of sp³-hybridized carbons (Fsp3) is 0.231. The van der Waals surface area contributed by atoms with E-state index in [1.54, 1.807) is 29.2 Å². The number of carbonyl (C=O) groups excluding carboxylic acids is 1. The van der Waals surface area contributed by atoms with Gasteiger partial charge in [0.05, 0.1) is 6.61 Å². The number of urea groups is 1. The number of carbonyl (C=O) groups is 1. The Morgan fingerprint density at radius 3 is 2.79 bits per heavy atom. The maximum Gasteiger partial charge on any atom is 0.322 e. The second-order valence-electron chi connectivity index (χ2n) is 7.95. The maximum atomic E-state index is 14.2. The third-order valence-corrected chi connectivity index (χ3v) is 5.80. The van der Waals surface area contributed by atoms with E-state index in [1.165, 1.54) is 6.07 Å². The lowest BCUT2D eigenvalue weighted by Crippen LogP contribution is -2.34. The van der Waals surface area contributed by atoms with Crippen LogP contribution in [0.25, 0.3) is 22.2 Å². The Morgan fingerprint density at radius 2 is 2.00 bits per heavy atom. The van der Waals surface area contributed by atoms with Gasteiger partial charge in [-0.25, -0.2) is 14.2 Å². The predicted octanol–water partition coefficient (Wildman–Crippen LogP) is 6.40. The van der Waals surface area contributed by atoms with Crippen molar-refractivity contribution in [2.75, 3.05) is 18.5 Å². The Morgan fingerprint density at radius 1 is 1.18 bits per heavy atom. The molecule has 3 aromatic carbocycles. The second-order valence-corrected chi connectivity index (χ2v) is 7.95. The van der Waals surface area contributed by atoms with Gasteiger partial charge in [0.1, 0.15) is 23.1 Å². The van der Waals surface area contributed by atoms with Crippen LogP contribution in [-0.4, -0.2) is 29.1 Å². The molecule has 1 aliphatic rings. The van der Waals surface area contributed by atoms with Gasteiger partial charge in [-0.1, -0.05) is 24.3 Å². The largest absolute Gasteiger partial charge is 0.494 e. The summed E-state index contributed by atoms with van der Waals surface area (Å²) in [5, 5.41) is 2.94. The number of oxazole rings is 1. The van der Waals surface area contributed by atoms with E-state index in [9.17, 15) is 9.18 Å². The maximum absolute atomic E-state index is 14.2. The number of hydrogen-bond donors (Lipinski definition) is 1. The molecule has 1 aromatic heterocycles. The summed E-state index contributed by atoms with van der Waals surface area (Å²) < 4.78 is 25.7. The number of benzene rings is 3. The Hall–Kier alpha value is -3.87. The van der Waals surface area contributed by atoms with E-state index >= 15 is 0 Å². The van der Waals surface area contributed by atoms with Gasteiger partial charge in [0, 0.05) is 17.8 Å². The molecule has 0 spiro atoms. The lowest BCUT2D eigenvalue weighted by atomic mass is 10.0. The van der Waals surface area contributed by atoms with E-state index in [4.69, 9.17) is 9.15 Å². The SMILES string of the molecule is CCOc1ccc(NC(=O)N2CCCC2c2nc3cc(-c4ccccc4F)ccc3o2)cc1. The number of ether oxygens (including phenoxy) is 1. The monoisotopic (exact) mass is 445 g/mol. The number of nitrogens with one attached hydrogen (secondary N) is 1. The van der Waals surface area contributed by atoms with Crippen LogP contribution in [0.5, 0.6) is 5.75 Å². The van der Waals surface area contributed by atoms with Crippen molar-refractivity contribution < 1.29 is 18.3 Å². The zero-order valence-corrected chi connectivity index (χ0v) is 18.3. The van der Waals surface area contributed by atoms with Gasteiger partial charge in [0.25, 0.3) is 0 Å². The van der Waals surface area contributed by atoms with Crippen LogP contribution in [0.4, 0.5) is 14.9 Å². The molecule has 4 aromatic rings. The summed E-state index contributed by atoms with van der Waals surface area (Å²) in [6, 6.07) is 18.9. The first kappa shape index (κ1) is 21.0.